The van der Waals surface area contributed by atoms with Gasteiger partial charge in [-0.2, -0.15) is 11.8 Å². The molecule has 3 rings (SSSR count). The van der Waals surface area contributed by atoms with Gasteiger partial charge in [-0.1, -0.05) is 45.3 Å². The third-order valence-electron chi connectivity index (χ3n) is 6.02. The summed E-state index contributed by atoms with van der Waals surface area (Å²) in [6.45, 7) is 6.98. The number of unbranched alkanes of at least 4 members (excludes halogenated alkanes) is 1. The Bertz CT molecular complexity index is 458. The largest absolute Gasteiger partial charge is 0.461 e. The zero-order valence-electron chi connectivity index (χ0n) is 14.3. The molecule has 0 aromatic carbocycles. The molecule has 2 aliphatic carbocycles. The zero-order chi connectivity index (χ0) is 15.7. The van der Waals surface area contributed by atoms with Gasteiger partial charge in [-0.05, 0) is 42.8 Å². The van der Waals surface area contributed by atoms with Gasteiger partial charge in [0.15, 0.2) is 0 Å². The highest BCUT2D eigenvalue weighted by atomic mass is 32.2. The molecule has 1 saturated heterocycles. The lowest BCUT2D eigenvalue weighted by Gasteiger charge is -2.46. The third-order valence-corrected chi connectivity index (χ3v) is 7.19. The molecule has 0 radical (unpaired) electrons. The van der Waals surface area contributed by atoms with Crippen LogP contribution in [0, 0.1) is 23.2 Å². The Kier molecular flexibility index (Phi) is 4.92. The van der Waals surface area contributed by atoms with E-state index >= 15 is 0 Å². The van der Waals surface area contributed by atoms with Gasteiger partial charge in [0.1, 0.15) is 6.10 Å². The van der Waals surface area contributed by atoms with E-state index in [4.69, 9.17) is 4.74 Å². The number of carbonyl (C=O) groups is 1. The number of carbonyl (C=O) groups excluding carboxylic acids is 1. The van der Waals surface area contributed by atoms with Gasteiger partial charge in [0, 0.05) is 11.7 Å². The molecule has 5 unspecified atom stereocenters. The maximum Gasteiger partial charge on any atom is 0.310 e. The molecule has 124 valence electrons. The van der Waals surface area contributed by atoms with Crippen molar-refractivity contribution < 1.29 is 9.53 Å². The Morgan fingerprint density at radius 1 is 1.45 bits per heavy atom. The van der Waals surface area contributed by atoms with Crippen LogP contribution in [0.3, 0.4) is 0 Å². The lowest BCUT2D eigenvalue weighted by molar-refractivity contribution is -0.144. The number of thioether (sulfide) groups is 1. The number of hydrogen-bond donors (Lipinski definition) is 0. The predicted octanol–water partition coefficient (Wildman–Crippen LogP) is 4.83. The molecule has 3 heteroatoms. The quantitative estimate of drug-likeness (QED) is 0.412. The minimum atomic E-state index is 0.0609. The first-order valence-electron chi connectivity index (χ1n) is 9.05. The van der Waals surface area contributed by atoms with Crippen molar-refractivity contribution in [3.05, 3.63) is 11.6 Å². The second-order valence-corrected chi connectivity index (χ2v) is 8.92. The van der Waals surface area contributed by atoms with E-state index < -0.39 is 0 Å². The molecular weight excluding hydrogens is 292 g/mol. The predicted molar refractivity (Wildman–Crippen MR) is 92.9 cm³/mol. The van der Waals surface area contributed by atoms with Crippen molar-refractivity contribution in [1.29, 1.82) is 0 Å². The smallest absolute Gasteiger partial charge is 0.310 e. The Hall–Kier alpha value is -0.440. The van der Waals surface area contributed by atoms with E-state index in [-0.39, 0.29) is 23.4 Å². The number of allylic oxidation sites excluding steroid dienone is 1. The number of ether oxygens (including phenoxy) is 1. The molecule has 0 aromatic heterocycles. The molecule has 0 spiro atoms. The Morgan fingerprint density at radius 2 is 2.27 bits per heavy atom. The van der Waals surface area contributed by atoms with Gasteiger partial charge in [-0.25, -0.2) is 0 Å². The SMILES string of the molecule is CCCCSCC1C(=O)OC2CC3(C)CCCC(C)C3=CC21. The fourth-order valence-electron chi connectivity index (χ4n) is 4.70. The number of hydrogen-bond acceptors (Lipinski definition) is 3. The second-order valence-electron chi connectivity index (χ2n) is 7.77. The molecule has 2 fully saturated rings. The molecular formula is C19H30O2S. The van der Waals surface area contributed by atoms with Crippen LogP contribution in [0.5, 0.6) is 0 Å². The number of rotatable bonds is 5. The maximum atomic E-state index is 12.3. The molecule has 5 atom stereocenters. The summed E-state index contributed by atoms with van der Waals surface area (Å²) < 4.78 is 5.79. The fourth-order valence-corrected chi connectivity index (χ4v) is 5.97. The molecule has 2 nitrogen and oxygen atoms in total. The van der Waals surface area contributed by atoms with Crippen LogP contribution in [0.4, 0.5) is 0 Å². The van der Waals surface area contributed by atoms with Crippen molar-refractivity contribution in [2.75, 3.05) is 11.5 Å². The van der Waals surface area contributed by atoms with E-state index in [9.17, 15) is 4.79 Å². The van der Waals surface area contributed by atoms with Crippen LogP contribution in [0.15, 0.2) is 11.6 Å². The number of esters is 1. The minimum Gasteiger partial charge on any atom is -0.461 e. The average molecular weight is 323 g/mol. The molecule has 0 bridgehead atoms. The monoisotopic (exact) mass is 322 g/mol. The molecule has 0 N–H and O–H groups in total. The van der Waals surface area contributed by atoms with Crippen LogP contribution >= 0.6 is 11.8 Å². The first kappa shape index (κ1) is 16.4. The van der Waals surface area contributed by atoms with E-state index in [1.807, 2.05) is 11.8 Å². The van der Waals surface area contributed by atoms with Crippen LogP contribution in [-0.4, -0.2) is 23.6 Å². The summed E-state index contributed by atoms with van der Waals surface area (Å²) in [6.07, 6.45) is 10.0. The summed E-state index contributed by atoms with van der Waals surface area (Å²) in [5.41, 5.74) is 1.91. The van der Waals surface area contributed by atoms with Gasteiger partial charge in [0.25, 0.3) is 0 Å². The first-order chi connectivity index (χ1) is 10.5. The first-order valence-corrected chi connectivity index (χ1v) is 10.2. The molecule has 0 aromatic rings. The van der Waals surface area contributed by atoms with Crippen LogP contribution in [0.1, 0.15) is 59.3 Å². The van der Waals surface area contributed by atoms with Gasteiger partial charge < -0.3 is 4.74 Å². The van der Waals surface area contributed by atoms with Crippen LogP contribution in [0.25, 0.3) is 0 Å². The number of fused-ring (bicyclic) bond motifs is 2. The summed E-state index contributed by atoms with van der Waals surface area (Å²) in [7, 11) is 0. The van der Waals surface area contributed by atoms with Crippen LogP contribution in [-0.2, 0) is 9.53 Å². The van der Waals surface area contributed by atoms with E-state index in [0.717, 1.165) is 12.2 Å². The average Bonchev–Trinajstić information content (AvgIpc) is 2.76. The summed E-state index contributed by atoms with van der Waals surface area (Å²) in [6, 6.07) is 0. The zero-order valence-corrected chi connectivity index (χ0v) is 15.1. The Morgan fingerprint density at radius 3 is 3.05 bits per heavy atom. The lowest BCUT2D eigenvalue weighted by atomic mass is 9.59. The molecule has 1 saturated carbocycles. The van der Waals surface area contributed by atoms with E-state index in [0.29, 0.717) is 11.8 Å². The molecule has 22 heavy (non-hydrogen) atoms. The van der Waals surface area contributed by atoms with Crippen molar-refractivity contribution in [2.45, 2.75) is 65.4 Å². The summed E-state index contributed by atoms with van der Waals surface area (Å²) in [4.78, 5) is 12.3. The van der Waals surface area contributed by atoms with E-state index in [1.54, 1.807) is 5.57 Å². The maximum absolute atomic E-state index is 12.3. The lowest BCUT2D eigenvalue weighted by Crippen LogP contribution is -2.39. The highest BCUT2D eigenvalue weighted by Gasteiger charge is 2.51. The highest BCUT2D eigenvalue weighted by Crippen LogP contribution is 2.54. The summed E-state index contributed by atoms with van der Waals surface area (Å²) >= 11 is 1.93. The Labute approximate surface area is 139 Å². The minimum absolute atomic E-state index is 0.0609. The van der Waals surface area contributed by atoms with Crippen molar-refractivity contribution >= 4 is 17.7 Å². The van der Waals surface area contributed by atoms with Gasteiger partial charge in [-0.15, -0.1) is 0 Å². The second kappa shape index (κ2) is 6.59. The molecule has 1 heterocycles. The van der Waals surface area contributed by atoms with Gasteiger partial charge in [-0.3, -0.25) is 4.79 Å². The van der Waals surface area contributed by atoms with Crippen molar-refractivity contribution in [3.8, 4) is 0 Å². The highest BCUT2D eigenvalue weighted by molar-refractivity contribution is 7.99. The van der Waals surface area contributed by atoms with Gasteiger partial charge >= 0.3 is 5.97 Å². The van der Waals surface area contributed by atoms with E-state index in [2.05, 4.69) is 26.8 Å². The van der Waals surface area contributed by atoms with Crippen molar-refractivity contribution in [1.82, 2.24) is 0 Å². The standard InChI is InChI=1S/C19H30O2S/c1-4-5-9-22-12-15-14-10-16-13(2)7-6-8-19(16,3)11-17(14)21-18(15)20/h10,13-15,17H,4-9,11-12H2,1-3H3. The van der Waals surface area contributed by atoms with Crippen molar-refractivity contribution in [3.63, 3.8) is 0 Å². The summed E-state index contributed by atoms with van der Waals surface area (Å²) in [5.74, 6) is 3.29. The molecule has 0 amide bonds. The third kappa shape index (κ3) is 2.98. The summed E-state index contributed by atoms with van der Waals surface area (Å²) in [5, 5.41) is 0. The van der Waals surface area contributed by atoms with Crippen LogP contribution in [0.2, 0.25) is 0 Å². The van der Waals surface area contributed by atoms with Gasteiger partial charge in [0.2, 0.25) is 0 Å². The molecule has 3 aliphatic rings. The fraction of sp³-hybridized carbons (Fsp3) is 0.842. The Balaban J connectivity index is 1.74. The normalized spacial score (nSPS) is 40.7. The van der Waals surface area contributed by atoms with Crippen LogP contribution < -0.4 is 0 Å². The van der Waals surface area contributed by atoms with Crippen molar-refractivity contribution in [2.24, 2.45) is 23.2 Å². The van der Waals surface area contributed by atoms with Gasteiger partial charge in [0.05, 0.1) is 5.92 Å². The van der Waals surface area contributed by atoms with E-state index in [1.165, 1.54) is 37.9 Å². The topological polar surface area (TPSA) is 26.3 Å². The molecule has 1 aliphatic heterocycles.